The first-order valence-electron chi connectivity index (χ1n) is 13.5. The number of ether oxygens (including phenoxy) is 1. The summed E-state index contributed by atoms with van der Waals surface area (Å²) in [5.74, 6) is -0.644. The van der Waals surface area contributed by atoms with Gasteiger partial charge in [0.15, 0.2) is 0 Å². The number of nitrogens with zero attached hydrogens (tertiary/aromatic N) is 2. The van der Waals surface area contributed by atoms with Crippen LogP contribution in [0.2, 0.25) is 0 Å². The monoisotopic (exact) mass is 583 g/mol. The molecule has 3 aromatic carbocycles. The van der Waals surface area contributed by atoms with Crippen molar-refractivity contribution in [1.29, 1.82) is 0 Å². The Labute approximate surface area is 242 Å². The molecule has 2 amide bonds. The molecule has 1 N–H and O–H groups in total. The van der Waals surface area contributed by atoms with E-state index in [1.807, 2.05) is 20.8 Å². The van der Waals surface area contributed by atoms with Gasteiger partial charge in [-0.3, -0.25) is 13.9 Å². The van der Waals surface area contributed by atoms with Gasteiger partial charge in [-0.15, -0.1) is 0 Å². The predicted molar refractivity (Wildman–Crippen MR) is 158 cm³/mol. The lowest BCUT2D eigenvalue weighted by atomic mass is 10.1. The molecule has 0 radical (unpaired) electrons. The quantitative estimate of drug-likeness (QED) is 0.308. The first-order chi connectivity index (χ1) is 19.5. The molecular weight excluding hydrogens is 545 g/mol. The Hall–Kier alpha value is -3.92. The summed E-state index contributed by atoms with van der Waals surface area (Å²) in [7, 11) is -2.71. The third kappa shape index (κ3) is 8.29. The van der Waals surface area contributed by atoms with Crippen molar-refractivity contribution in [3.63, 3.8) is 0 Å². The van der Waals surface area contributed by atoms with Crippen molar-refractivity contribution in [2.24, 2.45) is 5.92 Å². The fraction of sp³-hybridized carbons (Fsp3) is 0.355. The van der Waals surface area contributed by atoms with Gasteiger partial charge in [0.25, 0.3) is 10.0 Å². The van der Waals surface area contributed by atoms with Crippen molar-refractivity contribution in [3.05, 3.63) is 89.7 Å². The number of aryl methyl sites for hydroxylation is 1. The van der Waals surface area contributed by atoms with E-state index in [-0.39, 0.29) is 23.3 Å². The molecule has 1 atom stereocenters. The lowest BCUT2D eigenvalue weighted by Crippen LogP contribution is -2.52. The molecule has 10 heteroatoms. The number of rotatable bonds is 13. The maximum atomic E-state index is 14.0. The van der Waals surface area contributed by atoms with E-state index < -0.39 is 34.3 Å². The van der Waals surface area contributed by atoms with Crippen LogP contribution in [0.5, 0.6) is 5.75 Å². The maximum absolute atomic E-state index is 14.0. The molecule has 0 unspecified atom stereocenters. The second kappa shape index (κ2) is 14.1. The summed E-state index contributed by atoms with van der Waals surface area (Å²) < 4.78 is 47.7. The molecule has 0 fully saturated rings. The standard InChI is InChI=1S/C31H38FN3O5S/c1-6-29(31(37)33-19-22(2)3)34(20-24-9-11-25(32)12-10-24)30(36)21-35(26-13-7-23(4)8-14-26)41(38,39)28-17-15-27(40-5)16-18-28/h7-18,22,29H,6,19-21H2,1-5H3,(H,33,37)/t29-/m1/s1. The van der Waals surface area contributed by atoms with Crippen LogP contribution in [-0.2, 0) is 26.2 Å². The number of methoxy groups -OCH3 is 1. The molecule has 0 saturated carbocycles. The van der Waals surface area contributed by atoms with Crippen LogP contribution < -0.4 is 14.4 Å². The van der Waals surface area contributed by atoms with Gasteiger partial charge in [-0.25, -0.2) is 12.8 Å². The number of carbonyl (C=O) groups excluding carboxylic acids is 2. The second-order valence-corrected chi connectivity index (χ2v) is 12.1. The zero-order chi connectivity index (χ0) is 30.2. The highest BCUT2D eigenvalue weighted by atomic mass is 32.2. The highest BCUT2D eigenvalue weighted by molar-refractivity contribution is 7.92. The third-order valence-electron chi connectivity index (χ3n) is 6.58. The van der Waals surface area contributed by atoms with Gasteiger partial charge in [-0.1, -0.05) is 50.6 Å². The van der Waals surface area contributed by atoms with Crippen LogP contribution in [0.15, 0.2) is 77.7 Å². The number of nitrogens with one attached hydrogen (secondary N) is 1. The van der Waals surface area contributed by atoms with Gasteiger partial charge >= 0.3 is 0 Å². The predicted octanol–water partition coefficient (Wildman–Crippen LogP) is 4.92. The van der Waals surface area contributed by atoms with Gasteiger partial charge in [0.2, 0.25) is 11.8 Å². The molecule has 220 valence electrons. The smallest absolute Gasteiger partial charge is 0.264 e. The first kappa shape index (κ1) is 31.6. The van der Waals surface area contributed by atoms with Crippen LogP contribution in [0.1, 0.15) is 38.3 Å². The normalized spacial score (nSPS) is 12.1. The van der Waals surface area contributed by atoms with Crippen molar-refractivity contribution in [1.82, 2.24) is 10.2 Å². The van der Waals surface area contributed by atoms with Gasteiger partial charge in [0, 0.05) is 13.1 Å². The SMILES string of the molecule is CC[C@H](C(=O)NCC(C)C)N(Cc1ccc(F)cc1)C(=O)CN(c1ccc(C)cc1)S(=O)(=O)c1ccc(OC)cc1. The molecule has 3 rings (SSSR count). The Morgan fingerprint density at radius 2 is 1.56 bits per heavy atom. The van der Waals surface area contributed by atoms with E-state index in [1.165, 1.54) is 48.4 Å². The molecule has 0 spiro atoms. The van der Waals surface area contributed by atoms with Crippen molar-refractivity contribution in [3.8, 4) is 5.75 Å². The van der Waals surface area contributed by atoms with Gasteiger partial charge in [0.05, 0.1) is 17.7 Å². The number of hydrogen-bond acceptors (Lipinski definition) is 5. The molecule has 0 aromatic heterocycles. The van der Waals surface area contributed by atoms with Gasteiger partial charge in [-0.05, 0) is 73.4 Å². The van der Waals surface area contributed by atoms with E-state index in [0.717, 1.165) is 9.87 Å². The molecule has 0 heterocycles. The largest absolute Gasteiger partial charge is 0.497 e. The summed E-state index contributed by atoms with van der Waals surface area (Å²) in [6.07, 6.45) is 0.298. The van der Waals surface area contributed by atoms with Crippen molar-refractivity contribution in [2.45, 2.75) is 51.6 Å². The molecule has 0 bridgehead atoms. The van der Waals surface area contributed by atoms with Crippen LogP contribution in [0, 0.1) is 18.7 Å². The van der Waals surface area contributed by atoms with Crippen LogP contribution in [0.3, 0.4) is 0 Å². The Morgan fingerprint density at radius 1 is 0.951 bits per heavy atom. The molecule has 0 aliphatic rings. The minimum Gasteiger partial charge on any atom is -0.497 e. The van der Waals surface area contributed by atoms with Crippen molar-refractivity contribution in [2.75, 3.05) is 24.5 Å². The van der Waals surface area contributed by atoms with Crippen molar-refractivity contribution < 1.29 is 27.1 Å². The topological polar surface area (TPSA) is 96.0 Å². The molecule has 3 aromatic rings. The Balaban J connectivity index is 2.03. The summed E-state index contributed by atoms with van der Waals surface area (Å²) in [6.45, 7) is 7.47. The van der Waals surface area contributed by atoms with Crippen molar-refractivity contribution >= 4 is 27.5 Å². The van der Waals surface area contributed by atoms with E-state index in [0.29, 0.717) is 30.0 Å². The minimum atomic E-state index is -4.19. The van der Waals surface area contributed by atoms with Crippen LogP contribution in [-0.4, -0.2) is 51.4 Å². The molecule has 8 nitrogen and oxygen atoms in total. The van der Waals surface area contributed by atoms with E-state index in [4.69, 9.17) is 4.74 Å². The molecule has 0 aliphatic carbocycles. The summed E-state index contributed by atoms with van der Waals surface area (Å²) in [4.78, 5) is 28.6. The number of halogens is 1. The van der Waals surface area contributed by atoms with Crippen LogP contribution in [0.25, 0.3) is 0 Å². The molecule has 41 heavy (non-hydrogen) atoms. The Morgan fingerprint density at radius 3 is 2.10 bits per heavy atom. The summed E-state index contributed by atoms with van der Waals surface area (Å²) >= 11 is 0. The number of hydrogen-bond donors (Lipinski definition) is 1. The average molecular weight is 584 g/mol. The van der Waals surface area contributed by atoms with Gasteiger partial charge in [-0.2, -0.15) is 0 Å². The highest BCUT2D eigenvalue weighted by Gasteiger charge is 2.33. The fourth-order valence-electron chi connectivity index (χ4n) is 4.24. The number of carbonyl (C=O) groups is 2. The molecule has 0 saturated heterocycles. The fourth-order valence-corrected chi connectivity index (χ4v) is 5.66. The zero-order valence-corrected chi connectivity index (χ0v) is 24.9. The molecular formula is C31H38FN3O5S. The minimum absolute atomic E-state index is 0.00294. The van der Waals surface area contributed by atoms with E-state index >= 15 is 0 Å². The van der Waals surface area contributed by atoms with E-state index in [2.05, 4.69) is 5.32 Å². The van der Waals surface area contributed by atoms with Gasteiger partial charge < -0.3 is 15.0 Å². The van der Waals surface area contributed by atoms with Gasteiger partial charge in [0.1, 0.15) is 24.2 Å². The van der Waals surface area contributed by atoms with Crippen LogP contribution in [0.4, 0.5) is 10.1 Å². The second-order valence-electron chi connectivity index (χ2n) is 10.2. The summed E-state index contributed by atoms with van der Waals surface area (Å²) in [5.41, 5.74) is 1.83. The number of anilines is 1. The Bertz CT molecular complexity index is 1410. The Kier molecular flexibility index (Phi) is 10.9. The average Bonchev–Trinajstić information content (AvgIpc) is 2.96. The summed E-state index contributed by atoms with van der Waals surface area (Å²) in [5, 5.41) is 2.88. The third-order valence-corrected chi connectivity index (χ3v) is 8.37. The number of benzene rings is 3. The first-order valence-corrected chi connectivity index (χ1v) is 14.9. The lowest BCUT2D eigenvalue weighted by Gasteiger charge is -2.33. The van der Waals surface area contributed by atoms with E-state index in [1.54, 1.807) is 43.3 Å². The number of sulfonamides is 1. The maximum Gasteiger partial charge on any atom is 0.264 e. The highest BCUT2D eigenvalue weighted by Crippen LogP contribution is 2.26. The zero-order valence-electron chi connectivity index (χ0n) is 24.1. The lowest BCUT2D eigenvalue weighted by molar-refractivity contribution is -0.140. The van der Waals surface area contributed by atoms with Crippen LogP contribution >= 0.6 is 0 Å². The molecule has 0 aliphatic heterocycles. The summed E-state index contributed by atoms with van der Waals surface area (Å²) in [6, 6.07) is 17.5. The van der Waals surface area contributed by atoms with E-state index in [9.17, 15) is 22.4 Å². The number of amides is 2.